The molecule has 0 spiro atoms. The van der Waals surface area contributed by atoms with Crippen LogP contribution in [0.2, 0.25) is 0 Å². The maximum absolute atomic E-state index is 2.53. The second kappa shape index (κ2) is 11.8. The monoisotopic (exact) mass is 738 g/mol. The summed E-state index contributed by atoms with van der Waals surface area (Å²) >= 11 is 0. The number of aromatic nitrogens is 4. The Bertz CT molecular complexity index is 3740. The lowest BCUT2D eigenvalue weighted by Crippen LogP contribution is -2.02. The van der Waals surface area contributed by atoms with E-state index in [1.807, 2.05) is 0 Å². The summed E-state index contributed by atoms with van der Waals surface area (Å²) in [6, 6.07) is 75.5. The van der Waals surface area contributed by atoms with E-state index in [-0.39, 0.29) is 0 Å². The van der Waals surface area contributed by atoms with Crippen molar-refractivity contribution >= 4 is 87.2 Å². The van der Waals surface area contributed by atoms with Crippen molar-refractivity contribution in [2.45, 2.75) is 0 Å². The van der Waals surface area contributed by atoms with Crippen molar-refractivity contribution in [2.75, 3.05) is 0 Å². The molecular formula is C54H34N4. The van der Waals surface area contributed by atoms with Gasteiger partial charge < -0.3 is 18.3 Å². The quantitative estimate of drug-likeness (QED) is 0.171. The van der Waals surface area contributed by atoms with Gasteiger partial charge in [0.1, 0.15) is 0 Å². The first kappa shape index (κ1) is 31.4. The van der Waals surface area contributed by atoms with E-state index in [0.717, 1.165) is 22.7 Å². The van der Waals surface area contributed by atoms with Crippen LogP contribution in [0.15, 0.2) is 206 Å². The smallest absolute Gasteiger partial charge is 0.0782 e. The Balaban J connectivity index is 1.17. The second-order valence-electron chi connectivity index (χ2n) is 15.3. The SMILES string of the molecule is c1ccc(-n2c3ccccc3c3c(-n4c5ccccc5c5cccc(-n6c7ccccc7c7ccc(-n8c9ccccc9c9ccccc98)cc76)c54)cccc32)cc1. The van der Waals surface area contributed by atoms with Gasteiger partial charge in [-0.2, -0.15) is 0 Å². The van der Waals surface area contributed by atoms with E-state index in [2.05, 4.69) is 225 Å². The molecule has 0 fully saturated rings. The maximum Gasteiger partial charge on any atom is 0.0782 e. The fourth-order valence-electron chi connectivity index (χ4n) is 10.0. The van der Waals surface area contributed by atoms with E-state index in [0.29, 0.717) is 0 Å². The second-order valence-corrected chi connectivity index (χ2v) is 15.3. The van der Waals surface area contributed by atoms with Crippen LogP contribution in [0.3, 0.4) is 0 Å². The third-order valence-electron chi connectivity index (χ3n) is 12.3. The van der Waals surface area contributed by atoms with Gasteiger partial charge in [-0.05, 0) is 72.8 Å². The van der Waals surface area contributed by atoms with Gasteiger partial charge >= 0.3 is 0 Å². The van der Waals surface area contributed by atoms with Crippen LogP contribution in [0.1, 0.15) is 0 Å². The minimum Gasteiger partial charge on any atom is -0.309 e. The molecule has 0 amide bonds. The molecule has 4 nitrogen and oxygen atoms in total. The molecule has 9 aromatic carbocycles. The molecule has 270 valence electrons. The number of benzene rings is 9. The van der Waals surface area contributed by atoms with Crippen molar-refractivity contribution in [3.05, 3.63) is 206 Å². The summed E-state index contributed by atoms with van der Waals surface area (Å²) in [6.07, 6.45) is 0. The van der Waals surface area contributed by atoms with Crippen molar-refractivity contribution in [3.63, 3.8) is 0 Å². The highest BCUT2D eigenvalue weighted by Crippen LogP contribution is 2.44. The Kier molecular flexibility index (Phi) is 6.41. The van der Waals surface area contributed by atoms with E-state index >= 15 is 0 Å². The highest BCUT2D eigenvalue weighted by Gasteiger charge is 2.23. The largest absolute Gasteiger partial charge is 0.309 e. The molecule has 0 aliphatic heterocycles. The van der Waals surface area contributed by atoms with Gasteiger partial charge in [0.2, 0.25) is 0 Å². The van der Waals surface area contributed by atoms with Crippen LogP contribution in [0.25, 0.3) is 110 Å². The standard InChI is InChI=1S/C54H34N4/c1-2-16-35(17-3-1)55-48-28-13-8-22-43(48)53-49(55)29-15-30-50(53)58-47-27-12-7-21-40(47)42-23-14-31-51(54(42)58)57-46-26-11-6-20-39(46)41-33-32-36(34-52(41)57)56-44-24-9-4-18-37(44)38-19-5-10-25-45(38)56/h1-34H. The van der Waals surface area contributed by atoms with E-state index in [1.54, 1.807) is 0 Å². The third kappa shape index (κ3) is 4.18. The van der Waals surface area contributed by atoms with Crippen LogP contribution in [0.4, 0.5) is 0 Å². The molecule has 58 heavy (non-hydrogen) atoms. The lowest BCUT2D eigenvalue weighted by Gasteiger charge is -2.16. The summed E-state index contributed by atoms with van der Waals surface area (Å²) in [5.41, 5.74) is 14.1. The highest BCUT2D eigenvalue weighted by molar-refractivity contribution is 6.19. The first-order valence-electron chi connectivity index (χ1n) is 20.0. The van der Waals surface area contributed by atoms with Crippen LogP contribution in [0.5, 0.6) is 0 Å². The molecule has 0 aliphatic carbocycles. The van der Waals surface area contributed by atoms with Gasteiger partial charge in [-0.1, -0.05) is 133 Å². The van der Waals surface area contributed by atoms with Gasteiger partial charge in [0.15, 0.2) is 0 Å². The Morgan fingerprint density at radius 3 is 1.31 bits per heavy atom. The average molecular weight is 739 g/mol. The molecule has 4 heterocycles. The summed E-state index contributed by atoms with van der Waals surface area (Å²) in [5, 5.41) is 9.90. The van der Waals surface area contributed by atoms with Crippen LogP contribution < -0.4 is 0 Å². The molecule has 0 N–H and O–H groups in total. The van der Waals surface area contributed by atoms with Gasteiger partial charge in [0.05, 0.1) is 55.5 Å². The zero-order valence-corrected chi connectivity index (χ0v) is 31.4. The summed E-state index contributed by atoms with van der Waals surface area (Å²) in [4.78, 5) is 0. The van der Waals surface area contributed by atoms with Crippen LogP contribution in [-0.2, 0) is 0 Å². The molecule has 4 heteroatoms. The maximum atomic E-state index is 2.53. The van der Waals surface area contributed by atoms with Gasteiger partial charge in [0, 0.05) is 54.5 Å². The van der Waals surface area contributed by atoms with Gasteiger partial charge in [-0.15, -0.1) is 0 Å². The van der Waals surface area contributed by atoms with Crippen molar-refractivity contribution in [1.29, 1.82) is 0 Å². The normalized spacial score (nSPS) is 12.1. The van der Waals surface area contributed by atoms with E-state index in [4.69, 9.17) is 0 Å². The van der Waals surface area contributed by atoms with Gasteiger partial charge in [0.25, 0.3) is 0 Å². The number of para-hydroxylation sites is 7. The molecule has 0 atom stereocenters. The summed E-state index contributed by atoms with van der Waals surface area (Å²) < 4.78 is 9.87. The van der Waals surface area contributed by atoms with Crippen LogP contribution >= 0.6 is 0 Å². The first-order chi connectivity index (χ1) is 28.8. The van der Waals surface area contributed by atoms with Crippen molar-refractivity contribution in [2.24, 2.45) is 0 Å². The fourth-order valence-corrected chi connectivity index (χ4v) is 10.0. The average Bonchev–Trinajstić information content (AvgIpc) is 4.02. The lowest BCUT2D eigenvalue weighted by atomic mass is 10.1. The molecule has 0 unspecified atom stereocenters. The first-order valence-corrected chi connectivity index (χ1v) is 20.0. The van der Waals surface area contributed by atoms with Crippen molar-refractivity contribution in [1.82, 2.24) is 18.3 Å². The minimum atomic E-state index is 1.14. The van der Waals surface area contributed by atoms with E-state index in [1.165, 1.54) is 87.2 Å². The Hall–Kier alpha value is -7.82. The molecule has 0 saturated carbocycles. The zero-order chi connectivity index (χ0) is 37.9. The predicted octanol–water partition coefficient (Wildman–Crippen LogP) is 14.1. The number of nitrogens with zero attached hydrogens (tertiary/aromatic N) is 4. The number of hydrogen-bond acceptors (Lipinski definition) is 0. The summed E-state index contributed by atoms with van der Waals surface area (Å²) in [6.45, 7) is 0. The molecule has 13 aromatic rings. The summed E-state index contributed by atoms with van der Waals surface area (Å²) in [7, 11) is 0. The van der Waals surface area contributed by atoms with Crippen LogP contribution in [-0.4, -0.2) is 18.3 Å². The molecule has 0 saturated heterocycles. The molecule has 13 rings (SSSR count). The topological polar surface area (TPSA) is 19.7 Å². The van der Waals surface area contributed by atoms with Crippen LogP contribution in [0, 0.1) is 0 Å². The minimum absolute atomic E-state index is 1.14. The van der Waals surface area contributed by atoms with Gasteiger partial charge in [-0.25, -0.2) is 0 Å². The molecule has 0 radical (unpaired) electrons. The number of fused-ring (bicyclic) bond motifs is 12. The fraction of sp³-hybridized carbons (Fsp3) is 0. The highest BCUT2D eigenvalue weighted by atomic mass is 15.1. The van der Waals surface area contributed by atoms with Gasteiger partial charge in [-0.3, -0.25) is 0 Å². The van der Waals surface area contributed by atoms with E-state index in [9.17, 15) is 0 Å². The zero-order valence-electron chi connectivity index (χ0n) is 31.4. The molecule has 0 aliphatic rings. The van der Waals surface area contributed by atoms with Crippen molar-refractivity contribution in [3.8, 4) is 22.7 Å². The van der Waals surface area contributed by atoms with Crippen molar-refractivity contribution < 1.29 is 0 Å². The molecular weight excluding hydrogens is 705 g/mol. The summed E-state index contributed by atoms with van der Waals surface area (Å²) in [5.74, 6) is 0. The Labute approximate surface area is 333 Å². The Morgan fingerprint density at radius 2 is 0.655 bits per heavy atom. The lowest BCUT2D eigenvalue weighted by molar-refractivity contribution is 1.13. The number of rotatable bonds is 4. The Morgan fingerprint density at radius 1 is 0.224 bits per heavy atom. The predicted molar refractivity (Wildman–Crippen MR) is 244 cm³/mol. The molecule has 4 aromatic heterocycles. The number of hydrogen-bond donors (Lipinski definition) is 0. The molecule has 0 bridgehead atoms. The third-order valence-corrected chi connectivity index (χ3v) is 12.3. The van der Waals surface area contributed by atoms with E-state index < -0.39 is 0 Å².